The van der Waals surface area contributed by atoms with Crippen LogP contribution in [0.25, 0.3) is 10.9 Å². The van der Waals surface area contributed by atoms with E-state index < -0.39 is 17.2 Å². The third-order valence-corrected chi connectivity index (χ3v) is 4.16. The monoisotopic (exact) mass is 348 g/mol. The van der Waals surface area contributed by atoms with Gasteiger partial charge in [0.05, 0.1) is 17.7 Å². The Morgan fingerprint density at radius 2 is 1.92 bits per heavy atom. The highest BCUT2D eigenvalue weighted by Gasteiger charge is 2.18. The first-order valence-corrected chi connectivity index (χ1v) is 7.91. The summed E-state index contributed by atoms with van der Waals surface area (Å²) in [7, 11) is 0. The van der Waals surface area contributed by atoms with Crippen LogP contribution in [0, 0.1) is 25.5 Å². The summed E-state index contributed by atoms with van der Waals surface area (Å²) >= 11 is 0. The van der Waals surface area contributed by atoms with Crippen LogP contribution in [0.5, 0.6) is 0 Å². The molecule has 0 atom stereocenters. The number of aromatic nitrogens is 3. The first kappa shape index (κ1) is 17.2. The first-order chi connectivity index (χ1) is 11.9. The fraction of sp³-hybridized carbons (Fsp3) is 0.353. The normalized spacial score (nSPS) is 11.6. The maximum atomic E-state index is 13.9. The van der Waals surface area contributed by atoms with E-state index in [1.807, 2.05) is 6.92 Å². The highest BCUT2D eigenvalue weighted by molar-refractivity contribution is 5.81. The van der Waals surface area contributed by atoms with Crippen molar-refractivity contribution in [2.75, 3.05) is 6.54 Å². The first-order valence-electron chi connectivity index (χ1n) is 7.91. The summed E-state index contributed by atoms with van der Waals surface area (Å²) in [4.78, 5) is 14.3. The quantitative estimate of drug-likeness (QED) is 0.709. The average molecular weight is 348 g/mol. The van der Waals surface area contributed by atoms with Gasteiger partial charge in [0, 0.05) is 12.1 Å². The molecule has 6 nitrogen and oxygen atoms in total. The van der Waals surface area contributed by atoms with Crippen molar-refractivity contribution in [3.8, 4) is 0 Å². The zero-order valence-electron chi connectivity index (χ0n) is 14.2. The molecule has 2 heterocycles. The van der Waals surface area contributed by atoms with Crippen LogP contribution in [0.15, 0.2) is 27.5 Å². The lowest BCUT2D eigenvalue weighted by Crippen LogP contribution is -2.34. The van der Waals surface area contributed by atoms with Gasteiger partial charge in [-0.25, -0.2) is 13.5 Å². The molecular weight excluding hydrogens is 330 g/mol. The molecule has 0 aliphatic carbocycles. The Kier molecular flexibility index (Phi) is 4.63. The summed E-state index contributed by atoms with van der Waals surface area (Å²) in [5, 5.41) is 8.68. The van der Waals surface area contributed by atoms with Crippen molar-refractivity contribution in [1.29, 1.82) is 0 Å². The van der Waals surface area contributed by atoms with Crippen molar-refractivity contribution in [2.45, 2.75) is 34.0 Å². The summed E-state index contributed by atoms with van der Waals surface area (Å²) in [6, 6.07) is 3.75. The van der Waals surface area contributed by atoms with Crippen LogP contribution in [0.1, 0.15) is 23.9 Å². The molecule has 8 heteroatoms. The van der Waals surface area contributed by atoms with Crippen LogP contribution in [0.2, 0.25) is 0 Å². The minimum Gasteiger partial charge on any atom is -0.360 e. The van der Waals surface area contributed by atoms with E-state index in [4.69, 9.17) is 4.52 Å². The Balaban J connectivity index is 1.94. The van der Waals surface area contributed by atoms with Gasteiger partial charge in [-0.1, -0.05) is 18.1 Å². The molecular formula is C17H18F2N4O2. The highest BCUT2D eigenvalue weighted by atomic mass is 19.1. The summed E-state index contributed by atoms with van der Waals surface area (Å²) in [6.45, 7) is 5.92. The standard InChI is InChI=1S/C17H18F2N4O2/c1-4-22(8-12-13(18)6-5-7-14(12)19)9-23-17(24)16-15(10(2)20-23)11(3)25-21-16/h5-7H,4,8-9H2,1-3H3. The summed E-state index contributed by atoms with van der Waals surface area (Å²) < 4.78 is 34.0. The van der Waals surface area contributed by atoms with Crippen LogP contribution in [-0.4, -0.2) is 26.4 Å². The van der Waals surface area contributed by atoms with Gasteiger partial charge < -0.3 is 4.52 Å². The molecule has 0 saturated heterocycles. The Labute approximate surface area is 142 Å². The second-order valence-electron chi connectivity index (χ2n) is 5.84. The molecule has 0 radical (unpaired) electrons. The summed E-state index contributed by atoms with van der Waals surface area (Å²) in [5.41, 5.74) is 0.386. The lowest BCUT2D eigenvalue weighted by atomic mass is 10.2. The van der Waals surface area contributed by atoms with Crippen molar-refractivity contribution in [2.24, 2.45) is 0 Å². The van der Waals surface area contributed by atoms with Crippen molar-refractivity contribution in [1.82, 2.24) is 19.8 Å². The second kappa shape index (κ2) is 6.72. The molecule has 3 rings (SSSR count). The van der Waals surface area contributed by atoms with E-state index >= 15 is 0 Å². The Morgan fingerprint density at radius 1 is 1.24 bits per heavy atom. The SMILES string of the molecule is CCN(Cc1c(F)cccc1F)Cn1nc(C)c2c(C)onc2c1=O. The van der Waals surface area contributed by atoms with Gasteiger partial charge in [-0.3, -0.25) is 9.69 Å². The van der Waals surface area contributed by atoms with Crippen LogP contribution in [0.3, 0.4) is 0 Å². The molecule has 0 unspecified atom stereocenters. The molecule has 3 aromatic rings. The van der Waals surface area contributed by atoms with Gasteiger partial charge in [0.25, 0.3) is 5.56 Å². The smallest absolute Gasteiger partial charge is 0.298 e. The predicted octanol–water partition coefficient (Wildman–Crippen LogP) is 2.76. The maximum Gasteiger partial charge on any atom is 0.298 e. The van der Waals surface area contributed by atoms with Gasteiger partial charge in [-0.2, -0.15) is 5.10 Å². The molecule has 0 spiro atoms. The fourth-order valence-corrected chi connectivity index (χ4v) is 2.80. The van der Waals surface area contributed by atoms with Crippen molar-refractivity contribution >= 4 is 10.9 Å². The van der Waals surface area contributed by atoms with Gasteiger partial charge in [0.2, 0.25) is 0 Å². The van der Waals surface area contributed by atoms with E-state index in [9.17, 15) is 13.6 Å². The molecule has 0 fully saturated rings. The number of rotatable bonds is 5. The lowest BCUT2D eigenvalue weighted by Gasteiger charge is -2.21. The fourth-order valence-electron chi connectivity index (χ4n) is 2.80. The second-order valence-corrected chi connectivity index (χ2v) is 5.84. The van der Waals surface area contributed by atoms with Crippen LogP contribution >= 0.6 is 0 Å². The van der Waals surface area contributed by atoms with Crippen molar-refractivity contribution < 1.29 is 13.3 Å². The number of fused-ring (bicyclic) bond motifs is 1. The summed E-state index contributed by atoms with van der Waals surface area (Å²) in [6.07, 6.45) is 0. The molecule has 25 heavy (non-hydrogen) atoms. The van der Waals surface area contributed by atoms with Crippen LogP contribution < -0.4 is 5.56 Å². The minimum atomic E-state index is -0.613. The highest BCUT2D eigenvalue weighted by Crippen LogP contribution is 2.17. The molecule has 0 aliphatic rings. The van der Waals surface area contributed by atoms with Crippen molar-refractivity contribution in [3.05, 3.63) is 57.2 Å². The van der Waals surface area contributed by atoms with E-state index in [2.05, 4.69) is 10.3 Å². The molecule has 0 bridgehead atoms. The molecule has 0 N–H and O–H groups in total. The lowest BCUT2D eigenvalue weighted by molar-refractivity contribution is 0.199. The number of hydrogen-bond donors (Lipinski definition) is 0. The van der Waals surface area contributed by atoms with Gasteiger partial charge >= 0.3 is 0 Å². The third kappa shape index (κ3) is 3.17. The molecule has 0 aliphatic heterocycles. The molecule has 1 aromatic carbocycles. The number of hydrogen-bond acceptors (Lipinski definition) is 5. The Morgan fingerprint density at radius 3 is 2.56 bits per heavy atom. The van der Waals surface area contributed by atoms with Gasteiger partial charge in [-0.05, 0) is 32.5 Å². The van der Waals surface area contributed by atoms with E-state index in [1.165, 1.54) is 22.9 Å². The average Bonchev–Trinajstić information content (AvgIpc) is 2.97. The van der Waals surface area contributed by atoms with E-state index in [1.54, 1.807) is 18.7 Å². The van der Waals surface area contributed by atoms with Crippen LogP contribution in [-0.2, 0) is 13.2 Å². The molecule has 0 amide bonds. The zero-order chi connectivity index (χ0) is 18.1. The van der Waals surface area contributed by atoms with E-state index in [-0.39, 0.29) is 24.3 Å². The number of benzene rings is 1. The van der Waals surface area contributed by atoms with Gasteiger partial charge in [0.15, 0.2) is 5.52 Å². The van der Waals surface area contributed by atoms with Gasteiger partial charge in [0.1, 0.15) is 17.4 Å². The molecule has 0 saturated carbocycles. The van der Waals surface area contributed by atoms with Crippen molar-refractivity contribution in [3.63, 3.8) is 0 Å². The minimum absolute atomic E-state index is 0.0258. The summed E-state index contributed by atoms with van der Waals surface area (Å²) in [5.74, 6) is -0.694. The topological polar surface area (TPSA) is 64.2 Å². The third-order valence-electron chi connectivity index (χ3n) is 4.16. The largest absolute Gasteiger partial charge is 0.360 e. The predicted molar refractivity (Wildman–Crippen MR) is 88.0 cm³/mol. The number of nitrogens with zero attached hydrogens (tertiary/aromatic N) is 4. The van der Waals surface area contributed by atoms with Gasteiger partial charge in [-0.15, -0.1) is 0 Å². The Bertz CT molecular complexity index is 960. The van der Waals surface area contributed by atoms with E-state index in [0.29, 0.717) is 23.4 Å². The number of aryl methyl sites for hydroxylation is 2. The Hall–Kier alpha value is -2.61. The number of halogens is 2. The maximum absolute atomic E-state index is 13.9. The molecule has 2 aromatic heterocycles. The van der Waals surface area contributed by atoms with E-state index in [0.717, 1.165) is 0 Å². The van der Waals surface area contributed by atoms with Crippen LogP contribution in [0.4, 0.5) is 8.78 Å². The molecule has 132 valence electrons. The zero-order valence-corrected chi connectivity index (χ0v) is 14.2.